The number of ether oxygens (including phenoxy) is 1. The summed E-state index contributed by atoms with van der Waals surface area (Å²) in [7, 11) is -1.72. The molecule has 0 bridgehead atoms. The molecule has 16 heavy (non-hydrogen) atoms. The van der Waals surface area contributed by atoms with Crippen LogP contribution in [0.2, 0.25) is 0 Å². The summed E-state index contributed by atoms with van der Waals surface area (Å²) in [6, 6.07) is 3.72. The summed E-state index contributed by atoms with van der Waals surface area (Å²) in [5.41, 5.74) is 0.0583. The molecule has 0 spiro atoms. The van der Waals surface area contributed by atoms with E-state index < -0.39 is 12.9 Å². The van der Waals surface area contributed by atoms with Crippen molar-refractivity contribution in [3.05, 3.63) is 24.0 Å². The maximum atomic E-state index is 12.9. The predicted molar refractivity (Wildman–Crippen MR) is 61.2 cm³/mol. The molecular formula is C11H16BFO3. The Morgan fingerprint density at radius 1 is 1.44 bits per heavy atom. The quantitative estimate of drug-likeness (QED) is 0.738. The SMILES string of the molecule is CCCC(C)Oc1ccc(F)cc1B(O)O. The van der Waals surface area contributed by atoms with Gasteiger partial charge < -0.3 is 14.8 Å². The van der Waals surface area contributed by atoms with Gasteiger partial charge in [-0.1, -0.05) is 13.3 Å². The molecule has 0 radical (unpaired) electrons. The summed E-state index contributed by atoms with van der Waals surface area (Å²) in [6.45, 7) is 3.92. The fourth-order valence-electron chi connectivity index (χ4n) is 1.51. The second kappa shape index (κ2) is 5.87. The van der Waals surface area contributed by atoms with Crippen molar-refractivity contribution < 1.29 is 19.2 Å². The second-order valence-electron chi connectivity index (χ2n) is 3.77. The van der Waals surface area contributed by atoms with Crippen LogP contribution in [-0.4, -0.2) is 23.3 Å². The number of hydrogen-bond donors (Lipinski definition) is 2. The summed E-state index contributed by atoms with van der Waals surface area (Å²) >= 11 is 0. The molecule has 0 aliphatic carbocycles. The molecular weight excluding hydrogens is 210 g/mol. The third kappa shape index (κ3) is 3.50. The van der Waals surface area contributed by atoms with Gasteiger partial charge in [0.25, 0.3) is 0 Å². The molecule has 88 valence electrons. The minimum atomic E-state index is -1.72. The van der Waals surface area contributed by atoms with Crippen molar-refractivity contribution in [2.45, 2.75) is 32.8 Å². The zero-order chi connectivity index (χ0) is 12.1. The summed E-state index contributed by atoms with van der Waals surface area (Å²) in [5, 5.41) is 18.2. The Morgan fingerprint density at radius 3 is 2.69 bits per heavy atom. The van der Waals surface area contributed by atoms with Gasteiger partial charge >= 0.3 is 7.12 Å². The number of halogens is 1. The van der Waals surface area contributed by atoms with Crippen LogP contribution in [0.15, 0.2) is 18.2 Å². The van der Waals surface area contributed by atoms with E-state index >= 15 is 0 Å². The Morgan fingerprint density at radius 2 is 2.12 bits per heavy atom. The van der Waals surface area contributed by atoms with Gasteiger partial charge in [0.1, 0.15) is 11.6 Å². The average molecular weight is 226 g/mol. The Kier molecular flexibility index (Phi) is 4.77. The van der Waals surface area contributed by atoms with Gasteiger partial charge in [0, 0.05) is 5.46 Å². The molecule has 3 nitrogen and oxygen atoms in total. The molecule has 1 aromatic rings. The van der Waals surface area contributed by atoms with Crippen molar-refractivity contribution in [3.63, 3.8) is 0 Å². The molecule has 0 aliphatic heterocycles. The first-order chi connectivity index (χ1) is 7.54. The van der Waals surface area contributed by atoms with Crippen molar-refractivity contribution in [3.8, 4) is 5.75 Å². The highest BCUT2D eigenvalue weighted by Gasteiger charge is 2.19. The lowest BCUT2D eigenvalue weighted by Crippen LogP contribution is -2.33. The van der Waals surface area contributed by atoms with Crippen LogP contribution < -0.4 is 10.2 Å². The number of benzene rings is 1. The molecule has 1 atom stereocenters. The Balaban J connectivity index is 2.86. The standard InChI is InChI=1S/C11H16BFO3/c1-3-4-8(2)16-11-6-5-9(13)7-10(11)12(14)15/h5-8,14-15H,3-4H2,1-2H3. The van der Waals surface area contributed by atoms with Crippen LogP contribution in [0.1, 0.15) is 26.7 Å². The van der Waals surface area contributed by atoms with Crippen LogP contribution in [0, 0.1) is 5.82 Å². The van der Waals surface area contributed by atoms with Crippen molar-refractivity contribution in [1.82, 2.24) is 0 Å². The third-order valence-corrected chi connectivity index (χ3v) is 2.27. The molecule has 0 aliphatic rings. The largest absolute Gasteiger partial charge is 0.492 e. The number of rotatable bonds is 5. The van der Waals surface area contributed by atoms with Gasteiger partial charge in [-0.15, -0.1) is 0 Å². The van der Waals surface area contributed by atoms with Crippen molar-refractivity contribution in [2.24, 2.45) is 0 Å². The van der Waals surface area contributed by atoms with Gasteiger partial charge in [0.05, 0.1) is 6.10 Å². The molecule has 5 heteroatoms. The van der Waals surface area contributed by atoms with E-state index in [4.69, 9.17) is 14.8 Å². The predicted octanol–water partition coefficient (Wildman–Crippen LogP) is 1.07. The summed E-state index contributed by atoms with van der Waals surface area (Å²) in [5.74, 6) is -0.198. The topological polar surface area (TPSA) is 49.7 Å². The maximum absolute atomic E-state index is 12.9. The van der Waals surface area contributed by atoms with Crippen molar-refractivity contribution in [1.29, 1.82) is 0 Å². The molecule has 2 N–H and O–H groups in total. The van der Waals surface area contributed by atoms with Gasteiger partial charge in [-0.3, -0.25) is 0 Å². The van der Waals surface area contributed by atoms with Crippen LogP contribution >= 0.6 is 0 Å². The summed E-state index contributed by atoms with van der Waals surface area (Å²) < 4.78 is 18.4. The molecule has 1 rings (SSSR count). The number of hydrogen-bond acceptors (Lipinski definition) is 3. The third-order valence-electron chi connectivity index (χ3n) is 2.27. The second-order valence-corrected chi connectivity index (χ2v) is 3.77. The highest BCUT2D eigenvalue weighted by Crippen LogP contribution is 2.13. The van der Waals surface area contributed by atoms with Crippen LogP contribution in [0.25, 0.3) is 0 Å². The zero-order valence-electron chi connectivity index (χ0n) is 9.48. The fourth-order valence-corrected chi connectivity index (χ4v) is 1.51. The lowest BCUT2D eigenvalue weighted by Gasteiger charge is -2.16. The van der Waals surface area contributed by atoms with Gasteiger partial charge in [0.2, 0.25) is 0 Å². The van der Waals surface area contributed by atoms with Crippen molar-refractivity contribution >= 4 is 12.6 Å². The normalized spacial score (nSPS) is 12.3. The average Bonchev–Trinajstić information content (AvgIpc) is 2.20. The monoisotopic (exact) mass is 226 g/mol. The minimum Gasteiger partial charge on any atom is -0.491 e. The molecule has 0 amide bonds. The molecule has 0 saturated carbocycles. The molecule has 0 heterocycles. The van der Waals surface area contributed by atoms with Crippen LogP contribution in [-0.2, 0) is 0 Å². The molecule has 0 saturated heterocycles. The first-order valence-corrected chi connectivity index (χ1v) is 5.36. The first-order valence-electron chi connectivity index (χ1n) is 5.36. The molecule has 0 aromatic heterocycles. The van der Waals surface area contributed by atoms with E-state index in [1.807, 2.05) is 13.8 Å². The Bertz CT molecular complexity index is 344. The van der Waals surface area contributed by atoms with Crippen molar-refractivity contribution in [2.75, 3.05) is 0 Å². The first kappa shape index (κ1) is 13.0. The van der Waals surface area contributed by atoms with Crippen LogP contribution in [0.5, 0.6) is 5.75 Å². The van der Waals surface area contributed by atoms with Crippen LogP contribution in [0.3, 0.4) is 0 Å². The minimum absolute atomic E-state index is 0.0343. The van der Waals surface area contributed by atoms with Crippen LogP contribution in [0.4, 0.5) is 4.39 Å². The van der Waals surface area contributed by atoms with E-state index in [1.54, 1.807) is 0 Å². The van der Waals surface area contributed by atoms with Gasteiger partial charge in [-0.05, 0) is 31.5 Å². The smallest absolute Gasteiger partial charge is 0.491 e. The molecule has 1 aromatic carbocycles. The lowest BCUT2D eigenvalue weighted by molar-refractivity contribution is 0.211. The van der Waals surface area contributed by atoms with Gasteiger partial charge in [-0.2, -0.15) is 0 Å². The lowest BCUT2D eigenvalue weighted by atomic mass is 9.79. The molecule has 1 unspecified atom stereocenters. The zero-order valence-corrected chi connectivity index (χ0v) is 9.48. The highest BCUT2D eigenvalue weighted by molar-refractivity contribution is 6.59. The van der Waals surface area contributed by atoms with Gasteiger partial charge in [-0.25, -0.2) is 4.39 Å². The van der Waals surface area contributed by atoms with E-state index in [-0.39, 0.29) is 11.6 Å². The van der Waals surface area contributed by atoms with Gasteiger partial charge in [0.15, 0.2) is 0 Å². The highest BCUT2D eigenvalue weighted by atomic mass is 19.1. The van der Waals surface area contributed by atoms with E-state index in [9.17, 15) is 4.39 Å². The van der Waals surface area contributed by atoms with E-state index in [2.05, 4.69) is 0 Å². The Labute approximate surface area is 95.0 Å². The van der Waals surface area contributed by atoms with E-state index in [0.29, 0.717) is 5.75 Å². The Hall–Kier alpha value is -1.07. The maximum Gasteiger partial charge on any atom is 0.492 e. The fraction of sp³-hybridized carbons (Fsp3) is 0.455. The molecule has 0 fully saturated rings. The summed E-state index contributed by atoms with van der Waals surface area (Å²) in [4.78, 5) is 0. The van der Waals surface area contributed by atoms with E-state index in [0.717, 1.165) is 18.9 Å². The van der Waals surface area contributed by atoms with E-state index in [1.165, 1.54) is 12.1 Å². The summed E-state index contributed by atoms with van der Waals surface area (Å²) in [6.07, 6.45) is 1.80.